The number of thiophene rings is 1. The Morgan fingerprint density at radius 3 is 2.62 bits per heavy atom. The van der Waals surface area contributed by atoms with Crippen molar-refractivity contribution in [2.45, 2.75) is 62.9 Å². The molecule has 0 unspecified atom stereocenters. The molecule has 6 heteroatoms. The number of rotatable bonds is 7. The van der Waals surface area contributed by atoms with E-state index in [1.807, 2.05) is 12.4 Å². The molecule has 0 aliphatic heterocycles. The molecule has 1 aromatic heterocycles. The summed E-state index contributed by atoms with van der Waals surface area (Å²) in [6.07, 6.45) is 6.73. The second kappa shape index (κ2) is 7.72. The number of nitrogens with one attached hydrogen (secondary N) is 2. The molecule has 120 valence electrons. The van der Waals surface area contributed by atoms with E-state index < -0.39 is 10.0 Å². The van der Waals surface area contributed by atoms with Crippen molar-refractivity contribution in [2.75, 3.05) is 7.05 Å². The van der Waals surface area contributed by atoms with Gasteiger partial charge in [0.25, 0.3) is 0 Å². The van der Waals surface area contributed by atoms with Gasteiger partial charge < -0.3 is 5.32 Å². The maximum absolute atomic E-state index is 12.5. The van der Waals surface area contributed by atoms with E-state index in [4.69, 9.17) is 0 Å². The van der Waals surface area contributed by atoms with Gasteiger partial charge in [-0.3, -0.25) is 0 Å². The van der Waals surface area contributed by atoms with Gasteiger partial charge in [-0.05, 0) is 50.1 Å². The maximum atomic E-state index is 12.5. The first kappa shape index (κ1) is 16.9. The predicted molar refractivity (Wildman–Crippen MR) is 88.1 cm³/mol. The highest BCUT2D eigenvalue weighted by atomic mass is 32.2. The lowest BCUT2D eigenvalue weighted by molar-refractivity contribution is 0.297. The first-order chi connectivity index (χ1) is 10.1. The summed E-state index contributed by atoms with van der Waals surface area (Å²) in [7, 11) is -1.55. The topological polar surface area (TPSA) is 58.2 Å². The average Bonchev–Trinajstić information content (AvgIpc) is 2.91. The second-order valence-corrected chi connectivity index (χ2v) is 8.55. The number of sulfonamides is 1. The molecule has 1 aromatic rings. The van der Waals surface area contributed by atoms with Crippen LogP contribution in [0.5, 0.6) is 0 Å². The molecular weight excluding hydrogens is 304 g/mol. The maximum Gasteiger partial charge on any atom is 0.241 e. The van der Waals surface area contributed by atoms with E-state index in [-0.39, 0.29) is 6.04 Å². The molecule has 0 amide bonds. The lowest BCUT2D eigenvalue weighted by Gasteiger charge is -2.28. The summed E-state index contributed by atoms with van der Waals surface area (Å²) < 4.78 is 28.0. The molecule has 0 aromatic carbocycles. The highest BCUT2D eigenvalue weighted by Gasteiger charge is 2.27. The highest BCUT2D eigenvalue weighted by Crippen LogP contribution is 2.29. The SMILES string of the molecule is CCCC1CCC(NS(=O)(=O)c2ccsc2CNC)CC1. The molecule has 1 fully saturated rings. The summed E-state index contributed by atoms with van der Waals surface area (Å²) in [5.74, 6) is 0.789. The van der Waals surface area contributed by atoms with E-state index in [1.165, 1.54) is 24.2 Å². The van der Waals surface area contributed by atoms with E-state index in [9.17, 15) is 8.42 Å². The van der Waals surface area contributed by atoms with Crippen LogP contribution in [0.1, 0.15) is 50.3 Å². The van der Waals surface area contributed by atoms with E-state index >= 15 is 0 Å². The second-order valence-electron chi connectivity index (χ2n) is 5.87. The minimum absolute atomic E-state index is 0.102. The molecule has 1 aliphatic rings. The highest BCUT2D eigenvalue weighted by molar-refractivity contribution is 7.89. The van der Waals surface area contributed by atoms with Gasteiger partial charge in [0.05, 0.1) is 4.90 Å². The first-order valence-corrected chi connectivity index (χ1v) is 10.2. The summed E-state index contributed by atoms with van der Waals surface area (Å²) >= 11 is 1.49. The fourth-order valence-corrected chi connectivity index (χ4v) is 5.88. The van der Waals surface area contributed by atoms with Crippen molar-refractivity contribution in [3.8, 4) is 0 Å². The third-order valence-electron chi connectivity index (χ3n) is 4.20. The summed E-state index contributed by atoms with van der Waals surface area (Å²) in [5.41, 5.74) is 0. The van der Waals surface area contributed by atoms with Crippen molar-refractivity contribution in [1.82, 2.24) is 10.0 Å². The molecule has 0 radical (unpaired) electrons. The van der Waals surface area contributed by atoms with Crippen LogP contribution in [0.2, 0.25) is 0 Å². The summed E-state index contributed by atoms with van der Waals surface area (Å²) in [4.78, 5) is 1.32. The van der Waals surface area contributed by atoms with Gasteiger partial charge in [-0.2, -0.15) is 0 Å². The Morgan fingerprint density at radius 2 is 2.00 bits per heavy atom. The zero-order valence-corrected chi connectivity index (χ0v) is 14.5. The van der Waals surface area contributed by atoms with Crippen molar-refractivity contribution < 1.29 is 8.42 Å². The Hall–Kier alpha value is -0.430. The summed E-state index contributed by atoms with van der Waals surface area (Å²) in [6, 6.07) is 1.81. The van der Waals surface area contributed by atoms with Crippen LogP contribution in [-0.4, -0.2) is 21.5 Å². The lowest BCUT2D eigenvalue weighted by Crippen LogP contribution is -2.37. The van der Waals surface area contributed by atoms with E-state index in [0.29, 0.717) is 11.4 Å². The Bertz CT molecular complexity index is 532. The molecule has 1 heterocycles. The van der Waals surface area contributed by atoms with Crippen molar-refractivity contribution >= 4 is 21.4 Å². The van der Waals surface area contributed by atoms with E-state index in [0.717, 1.165) is 36.5 Å². The lowest BCUT2D eigenvalue weighted by atomic mass is 9.84. The molecule has 4 nitrogen and oxygen atoms in total. The van der Waals surface area contributed by atoms with E-state index in [1.54, 1.807) is 6.07 Å². The largest absolute Gasteiger partial charge is 0.315 e. The minimum Gasteiger partial charge on any atom is -0.315 e. The Morgan fingerprint density at radius 1 is 1.29 bits per heavy atom. The normalized spacial score (nSPS) is 23.3. The van der Waals surface area contributed by atoms with Crippen LogP contribution in [0.25, 0.3) is 0 Å². The fraction of sp³-hybridized carbons (Fsp3) is 0.733. The van der Waals surface area contributed by atoms with E-state index in [2.05, 4.69) is 17.0 Å². The molecule has 0 saturated heterocycles. The van der Waals surface area contributed by atoms with Crippen LogP contribution in [0.15, 0.2) is 16.3 Å². The van der Waals surface area contributed by atoms with Crippen LogP contribution in [-0.2, 0) is 16.6 Å². The van der Waals surface area contributed by atoms with Gasteiger partial charge in [-0.15, -0.1) is 11.3 Å². The van der Waals surface area contributed by atoms with Crippen molar-refractivity contribution in [1.29, 1.82) is 0 Å². The molecule has 0 bridgehead atoms. The standard InChI is InChI=1S/C15H26N2O2S2/c1-3-4-12-5-7-13(8-6-12)17-21(18,19)15-9-10-20-14(15)11-16-2/h9-10,12-13,16-17H,3-8,11H2,1-2H3. The van der Waals surface area contributed by atoms with Crippen molar-refractivity contribution in [3.05, 3.63) is 16.3 Å². The first-order valence-electron chi connectivity index (χ1n) is 7.80. The Balaban J connectivity index is 1.97. The summed E-state index contributed by atoms with van der Waals surface area (Å²) in [5, 5.41) is 4.87. The van der Waals surface area contributed by atoms with Crippen LogP contribution in [0, 0.1) is 5.92 Å². The number of hydrogen-bond donors (Lipinski definition) is 2. The molecule has 1 aliphatic carbocycles. The van der Waals surface area contributed by atoms with Crippen LogP contribution in [0.4, 0.5) is 0 Å². The Labute approximate surface area is 132 Å². The minimum atomic E-state index is -3.38. The molecule has 2 rings (SSSR count). The van der Waals surface area contributed by atoms with Gasteiger partial charge in [-0.25, -0.2) is 13.1 Å². The van der Waals surface area contributed by atoms with Gasteiger partial charge in [-0.1, -0.05) is 19.8 Å². The monoisotopic (exact) mass is 330 g/mol. The van der Waals surface area contributed by atoms with Crippen molar-refractivity contribution in [2.24, 2.45) is 5.92 Å². The average molecular weight is 331 g/mol. The molecule has 21 heavy (non-hydrogen) atoms. The van der Waals surface area contributed by atoms with Gasteiger partial charge in [0, 0.05) is 17.5 Å². The number of hydrogen-bond acceptors (Lipinski definition) is 4. The van der Waals surface area contributed by atoms with Crippen LogP contribution in [0.3, 0.4) is 0 Å². The molecule has 1 saturated carbocycles. The third kappa shape index (κ3) is 4.52. The zero-order chi connectivity index (χ0) is 15.3. The Kier molecular flexibility index (Phi) is 6.22. The van der Waals surface area contributed by atoms with Crippen LogP contribution < -0.4 is 10.0 Å². The molecule has 0 spiro atoms. The van der Waals surface area contributed by atoms with Gasteiger partial charge in [0.1, 0.15) is 0 Å². The van der Waals surface area contributed by atoms with Crippen LogP contribution >= 0.6 is 11.3 Å². The molecular formula is C15H26N2O2S2. The van der Waals surface area contributed by atoms with Gasteiger partial charge in [0.2, 0.25) is 10.0 Å². The van der Waals surface area contributed by atoms with Gasteiger partial charge in [0.15, 0.2) is 0 Å². The van der Waals surface area contributed by atoms with Crippen molar-refractivity contribution in [3.63, 3.8) is 0 Å². The predicted octanol–water partition coefficient (Wildman–Crippen LogP) is 3.10. The summed E-state index contributed by atoms with van der Waals surface area (Å²) in [6.45, 7) is 2.81. The van der Waals surface area contributed by atoms with Gasteiger partial charge >= 0.3 is 0 Å². The zero-order valence-electron chi connectivity index (χ0n) is 12.9. The fourth-order valence-electron chi connectivity index (χ4n) is 3.12. The third-order valence-corrected chi connectivity index (χ3v) is 6.85. The molecule has 0 atom stereocenters. The molecule has 2 N–H and O–H groups in total. The quantitative estimate of drug-likeness (QED) is 0.807. The smallest absolute Gasteiger partial charge is 0.241 e.